The summed E-state index contributed by atoms with van der Waals surface area (Å²) in [5, 5.41) is 10.5. The highest BCUT2D eigenvalue weighted by Gasteiger charge is 2.29. The lowest BCUT2D eigenvalue weighted by molar-refractivity contribution is 0.0507. The molecule has 1 heterocycles. The van der Waals surface area contributed by atoms with Gasteiger partial charge in [0.25, 0.3) is 0 Å². The van der Waals surface area contributed by atoms with Gasteiger partial charge in [0.05, 0.1) is 12.7 Å². The fourth-order valence-corrected chi connectivity index (χ4v) is 2.85. The smallest absolute Gasteiger partial charge is 0.126 e. The van der Waals surface area contributed by atoms with Crippen LogP contribution in [0.2, 0.25) is 0 Å². The summed E-state index contributed by atoms with van der Waals surface area (Å²) in [5.74, 6) is 0.891. The molecule has 0 amide bonds. The van der Waals surface area contributed by atoms with Crippen LogP contribution in [0.1, 0.15) is 17.2 Å². The predicted molar refractivity (Wildman–Crippen MR) is 78.2 cm³/mol. The number of hydrogen-bond acceptors (Lipinski definition) is 2. The Bertz CT molecular complexity index is 568. The van der Waals surface area contributed by atoms with E-state index in [-0.39, 0.29) is 5.92 Å². The number of fused-ring (bicyclic) bond motifs is 1. The Kier molecular flexibility index (Phi) is 3.58. The number of rotatable bonds is 2. The highest BCUT2D eigenvalue weighted by molar-refractivity contribution is 9.10. The zero-order chi connectivity index (χ0) is 13.2. The summed E-state index contributed by atoms with van der Waals surface area (Å²) in [6, 6.07) is 16.0. The van der Waals surface area contributed by atoms with Crippen molar-refractivity contribution in [3.8, 4) is 5.75 Å². The molecule has 1 aliphatic rings. The van der Waals surface area contributed by atoms with E-state index in [0.29, 0.717) is 6.61 Å². The van der Waals surface area contributed by atoms with E-state index in [1.807, 2.05) is 36.4 Å². The largest absolute Gasteiger partial charge is 0.493 e. The summed E-state index contributed by atoms with van der Waals surface area (Å²) in [6.07, 6.45) is 0.370. The summed E-state index contributed by atoms with van der Waals surface area (Å²) in [4.78, 5) is 0. The van der Waals surface area contributed by atoms with Crippen LogP contribution in [0.15, 0.2) is 53.0 Å². The average molecular weight is 319 g/mol. The third-order valence-corrected chi connectivity index (χ3v) is 4.03. The zero-order valence-corrected chi connectivity index (χ0v) is 12.0. The van der Waals surface area contributed by atoms with E-state index in [2.05, 4.69) is 28.1 Å². The second-order valence-electron chi connectivity index (χ2n) is 4.89. The molecular weight excluding hydrogens is 304 g/mol. The van der Waals surface area contributed by atoms with Crippen molar-refractivity contribution in [2.75, 3.05) is 6.61 Å². The fourth-order valence-electron chi connectivity index (χ4n) is 2.51. The predicted octanol–water partition coefficient (Wildman–Crippen LogP) is 3.73. The van der Waals surface area contributed by atoms with Crippen LogP contribution in [0, 0.1) is 5.92 Å². The van der Waals surface area contributed by atoms with Crippen LogP contribution in [0.25, 0.3) is 0 Å². The lowest BCUT2D eigenvalue weighted by atomic mass is 9.88. The maximum absolute atomic E-state index is 10.5. The second-order valence-corrected chi connectivity index (χ2v) is 5.80. The standard InChI is InChI=1S/C16H15BrO2/c17-13-6-7-14-15(9-13)19-10-12(16(14)18)8-11-4-2-1-3-5-11/h1-7,9,12,16,18H,8,10H2/t12-,16-/m1/s1. The zero-order valence-electron chi connectivity index (χ0n) is 10.4. The average Bonchev–Trinajstić information content (AvgIpc) is 2.43. The van der Waals surface area contributed by atoms with Crippen LogP contribution in [-0.4, -0.2) is 11.7 Å². The molecule has 1 N–H and O–H groups in total. The fraction of sp³-hybridized carbons (Fsp3) is 0.250. The minimum Gasteiger partial charge on any atom is -0.493 e. The molecule has 3 heteroatoms. The number of benzene rings is 2. The van der Waals surface area contributed by atoms with Gasteiger partial charge in [-0.15, -0.1) is 0 Å². The summed E-state index contributed by atoms with van der Waals surface area (Å²) in [7, 11) is 0. The van der Waals surface area contributed by atoms with Crippen LogP contribution in [0.4, 0.5) is 0 Å². The molecule has 2 aromatic rings. The Morgan fingerprint density at radius 2 is 1.95 bits per heavy atom. The number of halogens is 1. The Hall–Kier alpha value is -1.32. The van der Waals surface area contributed by atoms with E-state index in [1.165, 1.54) is 5.56 Å². The van der Waals surface area contributed by atoms with Gasteiger partial charge in [0.1, 0.15) is 5.75 Å². The molecule has 19 heavy (non-hydrogen) atoms. The highest BCUT2D eigenvalue weighted by Crippen LogP contribution is 2.38. The Balaban J connectivity index is 1.82. The first-order valence-corrected chi connectivity index (χ1v) is 7.17. The van der Waals surface area contributed by atoms with Crippen LogP contribution >= 0.6 is 15.9 Å². The third kappa shape index (κ3) is 2.67. The number of hydrogen-bond donors (Lipinski definition) is 1. The third-order valence-electron chi connectivity index (χ3n) is 3.53. The molecule has 2 aromatic carbocycles. The molecule has 0 unspecified atom stereocenters. The van der Waals surface area contributed by atoms with Crippen LogP contribution < -0.4 is 4.74 Å². The van der Waals surface area contributed by atoms with Gasteiger partial charge in [-0.3, -0.25) is 0 Å². The van der Waals surface area contributed by atoms with Crippen molar-refractivity contribution in [2.45, 2.75) is 12.5 Å². The first-order chi connectivity index (χ1) is 9.24. The summed E-state index contributed by atoms with van der Waals surface area (Å²) in [6.45, 7) is 0.555. The normalized spacial score (nSPS) is 21.6. The van der Waals surface area contributed by atoms with Gasteiger partial charge in [0, 0.05) is 16.0 Å². The van der Waals surface area contributed by atoms with Gasteiger partial charge in [0.2, 0.25) is 0 Å². The van der Waals surface area contributed by atoms with Gasteiger partial charge in [-0.1, -0.05) is 52.3 Å². The molecule has 1 aliphatic heterocycles. The van der Waals surface area contributed by atoms with Crippen molar-refractivity contribution in [1.29, 1.82) is 0 Å². The van der Waals surface area contributed by atoms with Crippen LogP contribution in [0.5, 0.6) is 5.75 Å². The lowest BCUT2D eigenvalue weighted by Gasteiger charge is -2.30. The molecule has 0 saturated carbocycles. The number of aliphatic hydroxyl groups excluding tert-OH is 1. The molecule has 98 valence electrons. The number of ether oxygens (including phenoxy) is 1. The Morgan fingerprint density at radius 3 is 2.74 bits per heavy atom. The molecule has 3 rings (SSSR count). The molecule has 0 spiro atoms. The molecule has 0 fully saturated rings. The van der Waals surface area contributed by atoms with Gasteiger partial charge >= 0.3 is 0 Å². The monoisotopic (exact) mass is 318 g/mol. The topological polar surface area (TPSA) is 29.5 Å². The molecular formula is C16H15BrO2. The molecule has 0 aliphatic carbocycles. The summed E-state index contributed by atoms with van der Waals surface area (Å²) < 4.78 is 6.74. The minimum atomic E-state index is -0.461. The van der Waals surface area contributed by atoms with E-state index in [4.69, 9.17) is 4.74 Å². The van der Waals surface area contributed by atoms with Gasteiger partial charge in [-0.25, -0.2) is 0 Å². The molecule has 2 atom stereocenters. The molecule has 0 aromatic heterocycles. The van der Waals surface area contributed by atoms with Gasteiger partial charge < -0.3 is 9.84 Å². The van der Waals surface area contributed by atoms with Crippen molar-refractivity contribution in [3.05, 3.63) is 64.1 Å². The van der Waals surface area contributed by atoms with Crippen molar-refractivity contribution in [3.63, 3.8) is 0 Å². The van der Waals surface area contributed by atoms with Gasteiger partial charge in [-0.2, -0.15) is 0 Å². The first kappa shape index (κ1) is 12.7. The molecule has 0 bridgehead atoms. The summed E-state index contributed by atoms with van der Waals surface area (Å²) in [5.41, 5.74) is 2.12. The van der Waals surface area contributed by atoms with Crippen LogP contribution in [-0.2, 0) is 6.42 Å². The van der Waals surface area contributed by atoms with Crippen molar-refractivity contribution in [1.82, 2.24) is 0 Å². The van der Waals surface area contributed by atoms with E-state index in [9.17, 15) is 5.11 Å². The molecule has 0 saturated heterocycles. The van der Waals surface area contributed by atoms with Crippen molar-refractivity contribution >= 4 is 15.9 Å². The lowest BCUT2D eigenvalue weighted by Crippen LogP contribution is -2.27. The maximum Gasteiger partial charge on any atom is 0.126 e. The highest BCUT2D eigenvalue weighted by atomic mass is 79.9. The maximum atomic E-state index is 10.5. The SMILES string of the molecule is O[C@H]1c2ccc(Br)cc2OC[C@H]1Cc1ccccc1. The second kappa shape index (κ2) is 5.35. The van der Waals surface area contributed by atoms with Gasteiger partial charge in [0.15, 0.2) is 0 Å². The van der Waals surface area contributed by atoms with Gasteiger partial charge in [-0.05, 0) is 24.1 Å². The van der Waals surface area contributed by atoms with Crippen molar-refractivity contribution in [2.24, 2.45) is 5.92 Å². The number of aliphatic hydroxyl groups is 1. The summed E-state index contributed by atoms with van der Waals surface area (Å²) >= 11 is 3.42. The van der Waals surface area contributed by atoms with E-state index in [1.54, 1.807) is 0 Å². The molecule has 2 nitrogen and oxygen atoms in total. The quantitative estimate of drug-likeness (QED) is 0.914. The first-order valence-electron chi connectivity index (χ1n) is 6.38. The van der Waals surface area contributed by atoms with Crippen LogP contribution in [0.3, 0.4) is 0 Å². The van der Waals surface area contributed by atoms with E-state index in [0.717, 1.165) is 22.2 Å². The van der Waals surface area contributed by atoms with E-state index >= 15 is 0 Å². The van der Waals surface area contributed by atoms with Crippen molar-refractivity contribution < 1.29 is 9.84 Å². The minimum absolute atomic E-state index is 0.107. The Labute approximate surface area is 121 Å². The van der Waals surface area contributed by atoms with E-state index < -0.39 is 6.10 Å². The Morgan fingerprint density at radius 1 is 1.16 bits per heavy atom. The molecule has 0 radical (unpaired) electrons.